The van der Waals surface area contributed by atoms with E-state index < -0.39 is 4.92 Å². The predicted octanol–water partition coefficient (Wildman–Crippen LogP) is 1.85. The Hall–Kier alpha value is -2.09. The van der Waals surface area contributed by atoms with Gasteiger partial charge < -0.3 is 5.11 Å². The van der Waals surface area contributed by atoms with Crippen molar-refractivity contribution >= 4 is 11.4 Å². The minimum Gasteiger partial charge on any atom is -0.509 e. The summed E-state index contributed by atoms with van der Waals surface area (Å²) in [7, 11) is 0. The van der Waals surface area contributed by atoms with Crippen LogP contribution in [0.15, 0.2) is 18.2 Å². The average molecular weight is 164 g/mol. The Morgan fingerprint density at radius 2 is 2.25 bits per heavy atom. The normalized spacial score (nSPS) is 8.92. The van der Waals surface area contributed by atoms with Crippen LogP contribution in [-0.4, -0.2) is 10.0 Å². The number of phenolic OH excluding ortho intramolecular Hbond substituents is 1. The number of phenols is 1. The Kier molecular flexibility index (Phi) is 1.92. The van der Waals surface area contributed by atoms with E-state index in [0.717, 1.165) is 12.1 Å². The maximum absolute atomic E-state index is 10.3. The summed E-state index contributed by atoms with van der Waals surface area (Å²) in [5.74, 6) is -0.147. The molecule has 12 heavy (non-hydrogen) atoms. The van der Waals surface area contributed by atoms with E-state index in [9.17, 15) is 10.1 Å². The van der Waals surface area contributed by atoms with Crippen LogP contribution in [0.2, 0.25) is 0 Å². The summed E-state index contributed by atoms with van der Waals surface area (Å²) in [5, 5.41) is 19.2. The molecule has 0 atom stereocenters. The summed E-state index contributed by atoms with van der Waals surface area (Å²) in [6.07, 6.45) is 0. The molecular formula is C7H4N2O3. The highest BCUT2D eigenvalue weighted by Crippen LogP contribution is 2.30. The first-order chi connectivity index (χ1) is 5.65. The number of nitro benzene ring substituents is 1. The molecule has 0 aliphatic carbocycles. The first-order valence-electron chi connectivity index (χ1n) is 3.00. The summed E-state index contributed by atoms with van der Waals surface area (Å²) < 4.78 is 0. The SMILES string of the molecule is [C-]#[N+]c1cc(O)ccc1[N+](=O)[O-]. The number of nitrogens with zero attached hydrogens (tertiary/aromatic N) is 2. The summed E-state index contributed by atoms with van der Waals surface area (Å²) in [5.41, 5.74) is -0.442. The molecule has 0 fully saturated rings. The van der Waals surface area contributed by atoms with Gasteiger partial charge in [0.05, 0.1) is 11.5 Å². The molecule has 0 aliphatic rings. The van der Waals surface area contributed by atoms with Crippen LogP contribution >= 0.6 is 0 Å². The zero-order valence-electron chi connectivity index (χ0n) is 5.89. The summed E-state index contributed by atoms with van der Waals surface area (Å²) in [6, 6.07) is 3.33. The molecular weight excluding hydrogens is 160 g/mol. The molecule has 0 bridgehead atoms. The van der Waals surface area contributed by atoms with Gasteiger partial charge >= 0.3 is 0 Å². The maximum Gasteiger partial charge on any atom is 0.279 e. The van der Waals surface area contributed by atoms with Crippen molar-refractivity contribution in [2.24, 2.45) is 0 Å². The summed E-state index contributed by atoms with van der Waals surface area (Å²) in [4.78, 5) is 12.5. The number of benzene rings is 1. The molecule has 0 spiro atoms. The zero-order valence-corrected chi connectivity index (χ0v) is 5.89. The topological polar surface area (TPSA) is 67.7 Å². The minimum atomic E-state index is -0.660. The second-order valence-corrected chi connectivity index (χ2v) is 2.04. The Morgan fingerprint density at radius 3 is 2.75 bits per heavy atom. The quantitative estimate of drug-likeness (QED) is 0.391. The molecule has 0 aromatic heterocycles. The van der Waals surface area contributed by atoms with Crippen LogP contribution in [0.4, 0.5) is 11.4 Å². The third-order valence-electron chi connectivity index (χ3n) is 1.28. The van der Waals surface area contributed by atoms with E-state index in [0.29, 0.717) is 0 Å². The van der Waals surface area contributed by atoms with Crippen LogP contribution in [0.5, 0.6) is 5.75 Å². The van der Waals surface area contributed by atoms with Gasteiger partial charge in [-0.05, 0) is 12.1 Å². The molecule has 0 aliphatic heterocycles. The third kappa shape index (κ3) is 1.32. The van der Waals surface area contributed by atoms with Crippen molar-refractivity contribution in [2.75, 3.05) is 0 Å². The van der Waals surface area contributed by atoms with Crippen molar-refractivity contribution in [1.82, 2.24) is 0 Å². The molecule has 0 heterocycles. The standard InChI is InChI=1S/C7H4N2O3/c1-8-6-4-5(10)2-3-7(6)9(11)12/h2-4,10H. The fourth-order valence-corrected chi connectivity index (χ4v) is 0.756. The van der Waals surface area contributed by atoms with Gasteiger partial charge in [0.2, 0.25) is 0 Å². The van der Waals surface area contributed by atoms with Gasteiger partial charge in [0.25, 0.3) is 11.4 Å². The molecule has 1 rings (SSSR count). The molecule has 0 unspecified atom stereocenters. The van der Waals surface area contributed by atoms with Crippen LogP contribution in [-0.2, 0) is 0 Å². The van der Waals surface area contributed by atoms with E-state index in [-0.39, 0.29) is 17.1 Å². The maximum atomic E-state index is 10.3. The van der Waals surface area contributed by atoms with Gasteiger partial charge in [-0.3, -0.25) is 10.1 Å². The first kappa shape index (κ1) is 8.01. The second-order valence-electron chi connectivity index (χ2n) is 2.04. The van der Waals surface area contributed by atoms with Crippen molar-refractivity contribution in [1.29, 1.82) is 0 Å². The van der Waals surface area contributed by atoms with E-state index in [1.807, 2.05) is 0 Å². The number of aromatic hydroxyl groups is 1. The molecule has 0 amide bonds. The van der Waals surface area contributed by atoms with Gasteiger partial charge in [0.15, 0.2) is 0 Å². The molecule has 60 valence electrons. The highest BCUT2D eigenvalue weighted by molar-refractivity contribution is 5.64. The summed E-state index contributed by atoms with van der Waals surface area (Å²) >= 11 is 0. The van der Waals surface area contributed by atoms with Gasteiger partial charge in [-0.1, -0.05) is 0 Å². The lowest BCUT2D eigenvalue weighted by atomic mass is 10.2. The smallest absolute Gasteiger partial charge is 0.279 e. The molecule has 0 radical (unpaired) electrons. The minimum absolute atomic E-state index is 0.147. The highest BCUT2D eigenvalue weighted by atomic mass is 16.6. The van der Waals surface area contributed by atoms with Crippen LogP contribution in [0.3, 0.4) is 0 Å². The lowest BCUT2D eigenvalue weighted by Gasteiger charge is -1.94. The Bertz CT molecular complexity index is 367. The van der Waals surface area contributed by atoms with Gasteiger partial charge in [0.1, 0.15) is 5.75 Å². The Labute approximate surface area is 67.8 Å². The number of rotatable bonds is 1. The van der Waals surface area contributed by atoms with Gasteiger partial charge in [-0.25, -0.2) is 4.85 Å². The van der Waals surface area contributed by atoms with Crippen LogP contribution in [0, 0.1) is 16.7 Å². The first-order valence-corrected chi connectivity index (χ1v) is 3.00. The highest BCUT2D eigenvalue weighted by Gasteiger charge is 2.13. The molecule has 5 nitrogen and oxygen atoms in total. The van der Waals surface area contributed by atoms with Crippen molar-refractivity contribution in [2.45, 2.75) is 0 Å². The molecule has 5 heteroatoms. The van der Waals surface area contributed by atoms with Crippen LogP contribution in [0.1, 0.15) is 0 Å². The van der Waals surface area contributed by atoms with E-state index >= 15 is 0 Å². The van der Waals surface area contributed by atoms with Gasteiger partial charge in [-0.2, -0.15) is 0 Å². The van der Waals surface area contributed by atoms with E-state index in [4.69, 9.17) is 11.7 Å². The fourth-order valence-electron chi connectivity index (χ4n) is 0.756. The molecule has 0 saturated heterocycles. The Balaban J connectivity index is 3.32. The summed E-state index contributed by atoms with van der Waals surface area (Å²) in [6.45, 7) is 6.58. The third-order valence-corrected chi connectivity index (χ3v) is 1.28. The predicted molar refractivity (Wildman–Crippen MR) is 41.0 cm³/mol. The van der Waals surface area contributed by atoms with Crippen molar-refractivity contribution in [3.63, 3.8) is 0 Å². The number of hydrogen-bond donors (Lipinski definition) is 1. The molecule has 1 N–H and O–H groups in total. The average Bonchev–Trinajstić information content (AvgIpc) is 2.03. The van der Waals surface area contributed by atoms with Crippen molar-refractivity contribution in [3.05, 3.63) is 39.7 Å². The van der Waals surface area contributed by atoms with E-state index in [1.165, 1.54) is 6.07 Å². The molecule has 0 saturated carbocycles. The van der Waals surface area contributed by atoms with Crippen LogP contribution in [0.25, 0.3) is 4.85 Å². The van der Waals surface area contributed by atoms with E-state index in [2.05, 4.69) is 4.85 Å². The zero-order chi connectivity index (χ0) is 9.14. The molecule has 1 aromatic carbocycles. The monoisotopic (exact) mass is 164 g/mol. The second kappa shape index (κ2) is 2.88. The fraction of sp³-hybridized carbons (Fsp3) is 0. The lowest BCUT2D eigenvalue weighted by molar-refractivity contribution is -0.383. The number of hydrogen-bond acceptors (Lipinski definition) is 3. The van der Waals surface area contributed by atoms with Crippen LogP contribution < -0.4 is 0 Å². The van der Waals surface area contributed by atoms with E-state index in [1.54, 1.807) is 0 Å². The van der Waals surface area contributed by atoms with Gasteiger partial charge in [-0.15, -0.1) is 0 Å². The van der Waals surface area contributed by atoms with Crippen molar-refractivity contribution in [3.8, 4) is 5.75 Å². The van der Waals surface area contributed by atoms with Crippen molar-refractivity contribution < 1.29 is 10.0 Å². The number of nitro groups is 1. The van der Waals surface area contributed by atoms with Gasteiger partial charge in [0, 0.05) is 6.07 Å². The lowest BCUT2D eigenvalue weighted by Crippen LogP contribution is -1.86. The largest absolute Gasteiger partial charge is 0.509 e. The molecule has 1 aromatic rings. The Morgan fingerprint density at radius 1 is 1.58 bits per heavy atom.